The minimum atomic E-state index is -3.67. The second-order valence-electron chi connectivity index (χ2n) is 4.63. The number of morpholine rings is 1. The summed E-state index contributed by atoms with van der Waals surface area (Å²) in [6, 6.07) is 4.07. The molecule has 2 N–H and O–H groups in total. The Bertz CT molecular complexity index is 893. The minimum absolute atomic E-state index is 0.0226. The predicted octanol–water partition coefficient (Wildman–Crippen LogP) is -0.763. The third-order valence-electron chi connectivity index (χ3n) is 3.32. The highest BCUT2D eigenvalue weighted by Gasteiger charge is 2.26. The first-order chi connectivity index (χ1) is 9.98. The van der Waals surface area contributed by atoms with E-state index in [1.165, 1.54) is 22.5 Å². The normalized spacial score (nSPS) is 17.1. The molecule has 21 heavy (non-hydrogen) atoms. The maximum atomic E-state index is 12.5. The molecule has 0 radical (unpaired) electrons. The number of ether oxygens (including phenoxy) is 1. The van der Waals surface area contributed by atoms with Gasteiger partial charge in [-0.3, -0.25) is 9.78 Å². The topological polar surface area (TPSA) is 112 Å². The van der Waals surface area contributed by atoms with Crippen LogP contribution in [-0.4, -0.2) is 49.0 Å². The van der Waals surface area contributed by atoms with Crippen LogP contribution in [0.15, 0.2) is 32.7 Å². The number of hydrogen-bond acceptors (Lipinski definition) is 5. The van der Waals surface area contributed by atoms with Crippen LogP contribution in [0.2, 0.25) is 0 Å². The Labute approximate surface area is 119 Å². The van der Waals surface area contributed by atoms with Crippen LogP contribution in [0.4, 0.5) is 0 Å². The zero-order valence-corrected chi connectivity index (χ0v) is 11.8. The second-order valence-corrected chi connectivity index (χ2v) is 6.57. The molecule has 1 aliphatic rings. The summed E-state index contributed by atoms with van der Waals surface area (Å²) < 4.78 is 31.4. The number of nitrogens with one attached hydrogen (secondary N) is 2. The molecule has 0 saturated carbocycles. The highest BCUT2D eigenvalue weighted by Crippen LogP contribution is 2.19. The zero-order chi connectivity index (χ0) is 15.0. The van der Waals surface area contributed by atoms with Crippen molar-refractivity contribution in [1.82, 2.24) is 14.3 Å². The zero-order valence-electron chi connectivity index (χ0n) is 11.0. The fraction of sp³-hybridized carbons (Fsp3) is 0.333. The van der Waals surface area contributed by atoms with Crippen molar-refractivity contribution < 1.29 is 13.2 Å². The van der Waals surface area contributed by atoms with Crippen molar-refractivity contribution >= 4 is 20.9 Å². The average molecular weight is 311 g/mol. The van der Waals surface area contributed by atoms with Gasteiger partial charge in [0, 0.05) is 13.1 Å². The lowest BCUT2D eigenvalue weighted by molar-refractivity contribution is 0.0730. The number of aromatic nitrogens is 2. The Balaban J connectivity index is 2.12. The fourth-order valence-corrected chi connectivity index (χ4v) is 3.68. The van der Waals surface area contributed by atoms with Gasteiger partial charge >= 0.3 is 5.69 Å². The van der Waals surface area contributed by atoms with E-state index < -0.39 is 21.3 Å². The molecule has 1 fully saturated rings. The molecule has 0 amide bonds. The Morgan fingerprint density at radius 3 is 2.52 bits per heavy atom. The number of rotatable bonds is 2. The van der Waals surface area contributed by atoms with Gasteiger partial charge in [0.25, 0.3) is 5.56 Å². The molecule has 3 rings (SSSR count). The van der Waals surface area contributed by atoms with Crippen molar-refractivity contribution in [2.75, 3.05) is 26.3 Å². The third-order valence-corrected chi connectivity index (χ3v) is 5.21. The number of aromatic amines is 2. The second kappa shape index (κ2) is 5.10. The van der Waals surface area contributed by atoms with Crippen molar-refractivity contribution in [1.29, 1.82) is 0 Å². The quantitative estimate of drug-likeness (QED) is 0.757. The molecule has 2 heterocycles. The van der Waals surface area contributed by atoms with E-state index >= 15 is 0 Å². The molecular weight excluding hydrogens is 298 g/mol. The lowest BCUT2D eigenvalue weighted by Gasteiger charge is -2.26. The van der Waals surface area contributed by atoms with E-state index in [0.717, 1.165) is 0 Å². The molecule has 1 aromatic carbocycles. The predicted molar refractivity (Wildman–Crippen MR) is 74.8 cm³/mol. The van der Waals surface area contributed by atoms with Crippen LogP contribution >= 0.6 is 0 Å². The smallest absolute Gasteiger partial charge is 0.326 e. The summed E-state index contributed by atoms with van der Waals surface area (Å²) in [6.45, 7) is 1.26. The molecule has 112 valence electrons. The number of hydrogen-bond donors (Lipinski definition) is 2. The summed E-state index contributed by atoms with van der Waals surface area (Å²) in [7, 11) is -3.67. The van der Waals surface area contributed by atoms with E-state index in [4.69, 9.17) is 4.74 Å². The van der Waals surface area contributed by atoms with Crippen LogP contribution in [0.3, 0.4) is 0 Å². The van der Waals surface area contributed by atoms with Crippen LogP contribution in [-0.2, 0) is 14.8 Å². The summed E-state index contributed by atoms with van der Waals surface area (Å²) in [5.74, 6) is 0. The average Bonchev–Trinajstić information content (AvgIpc) is 2.47. The van der Waals surface area contributed by atoms with Crippen LogP contribution in [0, 0.1) is 0 Å². The fourth-order valence-electron chi connectivity index (χ4n) is 2.24. The molecule has 2 aromatic rings. The van der Waals surface area contributed by atoms with E-state index in [9.17, 15) is 18.0 Å². The SMILES string of the molecule is O=c1[nH]c(=O)c2cc(S(=O)(=O)N3CCOCC3)ccc2[nH]1. The van der Waals surface area contributed by atoms with E-state index in [0.29, 0.717) is 18.7 Å². The summed E-state index contributed by atoms with van der Waals surface area (Å²) in [4.78, 5) is 27.5. The molecule has 1 aliphatic heterocycles. The van der Waals surface area contributed by atoms with E-state index in [2.05, 4.69) is 9.97 Å². The molecule has 8 nitrogen and oxygen atoms in total. The Morgan fingerprint density at radius 2 is 1.81 bits per heavy atom. The first-order valence-corrected chi connectivity index (χ1v) is 7.77. The van der Waals surface area contributed by atoms with Gasteiger partial charge in [-0.05, 0) is 18.2 Å². The van der Waals surface area contributed by atoms with Gasteiger partial charge < -0.3 is 9.72 Å². The van der Waals surface area contributed by atoms with E-state index in [-0.39, 0.29) is 23.4 Å². The van der Waals surface area contributed by atoms with Crippen LogP contribution in [0.25, 0.3) is 10.9 Å². The van der Waals surface area contributed by atoms with Crippen molar-refractivity contribution in [2.45, 2.75) is 4.90 Å². The molecular formula is C12H13N3O5S. The minimum Gasteiger partial charge on any atom is -0.379 e. The van der Waals surface area contributed by atoms with Gasteiger partial charge in [0.15, 0.2) is 0 Å². The van der Waals surface area contributed by atoms with Crippen LogP contribution in [0.1, 0.15) is 0 Å². The molecule has 0 spiro atoms. The summed E-state index contributed by atoms with van der Waals surface area (Å²) in [5.41, 5.74) is -0.950. The lowest BCUT2D eigenvalue weighted by atomic mass is 10.2. The summed E-state index contributed by atoms with van der Waals surface area (Å²) in [5, 5.41) is 0.129. The number of benzene rings is 1. The van der Waals surface area contributed by atoms with Gasteiger partial charge in [0.05, 0.1) is 29.0 Å². The Hall–Kier alpha value is -1.97. The molecule has 0 atom stereocenters. The number of sulfonamides is 1. The summed E-state index contributed by atoms with van der Waals surface area (Å²) >= 11 is 0. The van der Waals surface area contributed by atoms with Gasteiger partial charge in [-0.2, -0.15) is 4.31 Å². The molecule has 1 saturated heterocycles. The van der Waals surface area contributed by atoms with Gasteiger partial charge in [0.2, 0.25) is 10.0 Å². The molecule has 9 heteroatoms. The first-order valence-electron chi connectivity index (χ1n) is 6.33. The molecule has 0 unspecified atom stereocenters. The van der Waals surface area contributed by atoms with Crippen LogP contribution in [0.5, 0.6) is 0 Å². The number of nitrogens with zero attached hydrogens (tertiary/aromatic N) is 1. The van der Waals surface area contributed by atoms with Crippen molar-refractivity contribution in [3.05, 3.63) is 39.0 Å². The standard InChI is InChI=1S/C12H13N3O5S/c16-11-9-7-8(1-2-10(9)13-12(17)14-11)21(18,19)15-3-5-20-6-4-15/h1-2,7H,3-6H2,(H2,13,14,16,17). The highest BCUT2D eigenvalue weighted by atomic mass is 32.2. The van der Waals surface area contributed by atoms with E-state index in [1.54, 1.807) is 0 Å². The first kappa shape index (κ1) is 14.0. The van der Waals surface area contributed by atoms with Gasteiger partial charge in [-0.25, -0.2) is 13.2 Å². The van der Waals surface area contributed by atoms with Crippen molar-refractivity contribution in [3.8, 4) is 0 Å². The number of H-pyrrole nitrogens is 2. The molecule has 0 bridgehead atoms. The van der Waals surface area contributed by atoms with Crippen LogP contribution < -0.4 is 11.2 Å². The van der Waals surface area contributed by atoms with Gasteiger partial charge in [0.1, 0.15) is 0 Å². The largest absolute Gasteiger partial charge is 0.379 e. The van der Waals surface area contributed by atoms with Crippen molar-refractivity contribution in [2.24, 2.45) is 0 Å². The highest BCUT2D eigenvalue weighted by molar-refractivity contribution is 7.89. The maximum absolute atomic E-state index is 12.5. The van der Waals surface area contributed by atoms with Crippen molar-refractivity contribution in [3.63, 3.8) is 0 Å². The molecule has 1 aromatic heterocycles. The monoisotopic (exact) mass is 311 g/mol. The Morgan fingerprint density at radius 1 is 1.10 bits per heavy atom. The van der Waals surface area contributed by atoms with Gasteiger partial charge in [-0.1, -0.05) is 0 Å². The maximum Gasteiger partial charge on any atom is 0.326 e. The lowest BCUT2D eigenvalue weighted by Crippen LogP contribution is -2.40. The van der Waals surface area contributed by atoms with E-state index in [1.807, 2.05) is 0 Å². The molecule has 0 aliphatic carbocycles. The third kappa shape index (κ3) is 2.50. The Kier molecular flexibility index (Phi) is 3.40. The number of fused-ring (bicyclic) bond motifs is 1. The summed E-state index contributed by atoms with van der Waals surface area (Å²) in [6.07, 6.45) is 0. The van der Waals surface area contributed by atoms with Gasteiger partial charge in [-0.15, -0.1) is 0 Å².